The molecular formula is C13H14BrN3O2S. The van der Waals surface area contributed by atoms with Crippen LogP contribution in [0.2, 0.25) is 0 Å². The van der Waals surface area contributed by atoms with Crippen molar-refractivity contribution in [3.05, 3.63) is 52.6 Å². The number of hydrogen-bond donors (Lipinski definition) is 2. The van der Waals surface area contributed by atoms with E-state index in [1.807, 2.05) is 24.3 Å². The Labute approximate surface area is 126 Å². The van der Waals surface area contributed by atoms with Crippen LogP contribution in [0.3, 0.4) is 0 Å². The first-order chi connectivity index (χ1) is 9.40. The Morgan fingerprint density at radius 1 is 1.25 bits per heavy atom. The molecular weight excluding hydrogens is 342 g/mol. The van der Waals surface area contributed by atoms with Crippen molar-refractivity contribution in [3.8, 4) is 0 Å². The topological polar surface area (TPSA) is 85.1 Å². The fourth-order valence-electron chi connectivity index (χ4n) is 1.75. The van der Waals surface area contributed by atoms with Gasteiger partial charge < -0.3 is 5.73 Å². The molecule has 0 aliphatic carbocycles. The van der Waals surface area contributed by atoms with Crippen molar-refractivity contribution in [3.63, 3.8) is 0 Å². The Hall–Kier alpha value is -1.44. The maximum atomic E-state index is 12.3. The molecule has 1 aromatic carbocycles. The zero-order valence-electron chi connectivity index (χ0n) is 10.7. The van der Waals surface area contributed by atoms with Crippen molar-refractivity contribution in [2.75, 3.05) is 5.73 Å². The van der Waals surface area contributed by atoms with Gasteiger partial charge in [0, 0.05) is 16.7 Å². The molecule has 20 heavy (non-hydrogen) atoms. The fraction of sp³-hybridized carbons (Fsp3) is 0.154. The maximum absolute atomic E-state index is 12.3. The molecule has 3 N–H and O–H groups in total. The fourth-order valence-corrected chi connectivity index (χ4v) is 3.32. The summed E-state index contributed by atoms with van der Waals surface area (Å²) in [7, 11) is -3.70. The first-order valence-corrected chi connectivity index (χ1v) is 8.16. The van der Waals surface area contributed by atoms with Gasteiger partial charge in [-0.2, -0.15) is 0 Å². The van der Waals surface area contributed by atoms with E-state index in [0.717, 1.165) is 10.0 Å². The molecule has 0 saturated carbocycles. The van der Waals surface area contributed by atoms with Crippen molar-refractivity contribution >= 4 is 31.8 Å². The first kappa shape index (κ1) is 15.0. The zero-order chi connectivity index (χ0) is 14.8. The van der Waals surface area contributed by atoms with E-state index in [0.29, 0.717) is 0 Å². The van der Waals surface area contributed by atoms with Gasteiger partial charge in [-0.05, 0) is 36.8 Å². The number of aromatic nitrogens is 1. The van der Waals surface area contributed by atoms with E-state index in [1.54, 1.807) is 6.92 Å². The van der Waals surface area contributed by atoms with Crippen LogP contribution in [0, 0.1) is 0 Å². The summed E-state index contributed by atoms with van der Waals surface area (Å²) in [5.41, 5.74) is 6.46. The molecule has 0 fully saturated rings. The molecule has 1 atom stereocenters. The summed E-state index contributed by atoms with van der Waals surface area (Å²) in [5, 5.41) is 0. The molecule has 106 valence electrons. The highest BCUT2D eigenvalue weighted by Crippen LogP contribution is 2.21. The van der Waals surface area contributed by atoms with Crippen LogP contribution in [0.25, 0.3) is 0 Å². The largest absolute Gasteiger partial charge is 0.383 e. The lowest BCUT2D eigenvalue weighted by Gasteiger charge is -2.15. The normalized spacial score (nSPS) is 13.1. The van der Waals surface area contributed by atoms with E-state index >= 15 is 0 Å². The first-order valence-electron chi connectivity index (χ1n) is 5.88. The van der Waals surface area contributed by atoms with Gasteiger partial charge in [0.2, 0.25) is 10.0 Å². The molecule has 0 bridgehead atoms. The number of pyridine rings is 1. The molecule has 0 saturated heterocycles. The summed E-state index contributed by atoms with van der Waals surface area (Å²) in [5.74, 6) is -0.0111. The SMILES string of the molecule is C[C@H](NS(=O)(=O)c1cccnc1N)c1ccc(Br)cc1. The lowest BCUT2D eigenvalue weighted by Crippen LogP contribution is -2.27. The highest BCUT2D eigenvalue weighted by atomic mass is 79.9. The van der Waals surface area contributed by atoms with E-state index in [2.05, 4.69) is 25.6 Å². The summed E-state index contributed by atoms with van der Waals surface area (Å²) < 4.78 is 28.1. The lowest BCUT2D eigenvalue weighted by atomic mass is 10.1. The van der Waals surface area contributed by atoms with E-state index in [9.17, 15) is 8.42 Å². The minimum absolute atomic E-state index is 0.0102. The third-order valence-corrected chi connectivity index (χ3v) is 4.91. The Morgan fingerprint density at radius 2 is 1.90 bits per heavy atom. The standard InChI is InChI=1S/C13H14BrN3O2S/c1-9(10-4-6-11(14)7-5-10)17-20(18,19)12-3-2-8-16-13(12)15/h2-9,17H,1H3,(H2,15,16)/t9-/m0/s1. The number of anilines is 1. The van der Waals surface area contributed by atoms with Gasteiger partial charge in [-0.15, -0.1) is 0 Å². The quantitative estimate of drug-likeness (QED) is 0.881. The van der Waals surface area contributed by atoms with Gasteiger partial charge in [-0.3, -0.25) is 0 Å². The zero-order valence-corrected chi connectivity index (χ0v) is 13.1. The van der Waals surface area contributed by atoms with Crippen LogP contribution in [0.1, 0.15) is 18.5 Å². The average Bonchev–Trinajstić information content (AvgIpc) is 2.39. The average molecular weight is 356 g/mol. The molecule has 1 heterocycles. The molecule has 5 nitrogen and oxygen atoms in total. The van der Waals surface area contributed by atoms with E-state index in [-0.39, 0.29) is 16.8 Å². The minimum Gasteiger partial charge on any atom is -0.383 e. The molecule has 0 aliphatic rings. The molecule has 2 rings (SSSR count). The van der Waals surface area contributed by atoms with Crippen LogP contribution < -0.4 is 10.5 Å². The number of nitrogens with one attached hydrogen (secondary N) is 1. The number of benzene rings is 1. The van der Waals surface area contributed by atoms with Crippen LogP contribution in [0.5, 0.6) is 0 Å². The van der Waals surface area contributed by atoms with E-state index in [4.69, 9.17) is 5.73 Å². The Bertz CT molecular complexity index is 702. The third kappa shape index (κ3) is 3.36. The molecule has 0 aliphatic heterocycles. The summed E-state index contributed by atoms with van der Waals surface area (Å²) >= 11 is 3.34. The highest BCUT2D eigenvalue weighted by molar-refractivity contribution is 9.10. The second kappa shape index (κ2) is 5.90. The lowest BCUT2D eigenvalue weighted by molar-refractivity contribution is 0.567. The Kier molecular flexibility index (Phi) is 4.42. The minimum atomic E-state index is -3.70. The molecule has 0 amide bonds. The van der Waals surface area contributed by atoms with Gasteiger partial charge in [0.25, 0.3) is 0 Å². The van der Waals surface area contributed by atoms with Crippen LogP contribution in [-0.2, 0) is 10.0 Å². The smallest absolute Gasteiger partial charge is 0.244 e. The molecule has 0 radical (unpaired) electrons. The van der Waals surface area contributed by atoms with Crippen molar-refractivity contribution in [1.29, 1.82) is 0 Å². The van der Waals surface area contributed by atoms with E-state index in [1.165, 1.54) is 18.3 Å². The second-order valence-corrected chi connectivity index (χ2v) is 6.88. The number of sulfonamides is 1. The van der Waals surface area contributed by atoms with Gasteiger partial charge in [0.05, 0.1) is 0 Å². The van der Waals surface area contributed by atoms with Crippen molar-refractivity contribution in [1.82, 2.24) is 9.71 Å². The van der Waals surface area contributed by atoms with Crippen molar-refractivity contribution in [2.45, 2.75) is 17.9 Å². The van der Waals surface area contributed by atoms with Crippen LogP contribution in [-0.4, -0.2) is 13.4 Å². The molecule has 0 spiro atoms. The molecule has 0 unspecified atom stereocenters. The number of nitrogen functional groups attached to an aromatic ring is 1. The second-order valence-electron chi connectivity index (χ2n) is 4.28. The van der Waals surface area contributed by atoms with Gasteiger partial charge in [-0.1, -0.05) is 28.1 Å². The van der Waals surface area contributed by atoms with Gasteiger partial charge in [0.15, 0.2) is 0 Å². The number of nitrogens with two attached hydrogens (primary N) is 1. The monoisotopic (exact) mass is 355 g/mol. The predicted octanol–water partition coefficient (Wildman–Crippen LogP) is 2.47. The number of nitrogens with zero attached hydrogens (tertiary/aromatic N) is 1. The number of rotatable bonds is 4. The summed E-state index contributed by atoms with van der Waals surface area (Å²) in [4.78, 5) is 3.78. The number of halogens is 1. The third-order valence-electron chi connectivity index (χ3n) is 2.79. The predicted molar refractivity (Wildman–Crippen MR) is 81.5 cm³/mol. The van der Waals surface area contributed by atoms with Crippen LogP contribution in [0.15, 0.2) is 52.0 Å². The van der Waals surface area contributed by atoms with Gasteiger partial charge in [0.1, 0.15) is 10.7 Å². The van der Waals surface area contributed by atoms with Crippen molar-refractivity contribution in [2.24, 2.45) is 0 Å². The molecule has 1 aromatic heterocycles. The summed E-state index contributed by atoms with van der Waals surface area (Å²) in [6.45, 7) is 1.77. The van der Waals surface area contributed by atoms with E-state index < -0.39 is 10.0 Å². The van der Waals surface area contributed by atoms with Gasteiger partial charge in [-0.25, -0.2) is 18.1 Å². The Balaban J connectivity index is 2.24. The van der Waals surface area contributed by atoms with Crippen LogP contribution >= 0.6 is 15.9 Å². The van der Waals surface area contributed by atoms with Crippen LogP contribution in [0.4, 0.5) is 5.82 Å². The molecule has 2 aromatic rings. The van der Waals surface area contributed by atoms with Crippen molar-refractivity contribution < 1.29 is 8.42 Å². The van der Waals surface area contributed by atoms with Gasteiger partial charge >= 0.3 is 0 Å². The summed E-state index contributed by atoms with van der Waals surface area (Å²) in [6, 6.07) is 10.0. The molecule has 7 heteroatoms. The number of hydrogen-bond acceptors (Lipinski definition) is 4. The summed E-state index contributed by atoms with van der Waals surface area (Å²) in [6.07, 6.45) is 1.45. The highest BCUT2D eigenvalue weighted by Gasteiger charge is 2.21. The Morgan fingerprint density at radius 3 is 2.50 bits per heavy atom. The maximum Gasteiger partial charge on any atom is 0.244 e.